The number of aromatic nitrogens is 2. The highest BCUT2D eigenvalue weighted by Crippen LogP contribution is 2.10. The Balaban J connectivity index is 2.07. The largest absolute Gasteiger partial charge is 0.382 e. The molecule has 3 N–H and O–H groups in total. The minimum absolute atomic E-state index is 0.00733. The number of rotatable bonds is 5. The minimum Gasteiger partial charge on any atom is -0.382 e. The van der Waals surface area contributed by atoms with E-state index in [0.29, 0.717) is 12.2 Å². The second-order valence-corrected chi connectivity index (χ2v) is 4.45. The average molecular weight is 255 g/mol. The molecule has 0 saturated heterocycles. The number of nitrogens with two attached hydrogens (primary N) is 1. The van der Waals surface area contributed by atoms with E-state index in [2.05, 4.69) is 14.9 Å². The van der Waals surface area contributed by atoms with Crippen LogP contribution in [0.3, 0.4) is 0 Å². The molecule has 0 aliphatic rings. The van der Waals surface area contributed by atoms with Crippen molar-refractivity contribution in [3.8, 4) is 0 Å². The Labute approximate surface area is 112 Å². The van der Waals surface area contributed by atoms with Crippen LogP contribution in [-0.4, -0.2) is 27.8 Å². The van der Waals surface area contributed by atoms with E-state index < -0.39 is 0 Å². The van der Waals surface area contributed by atoms with E-state index in [-0.39, 0.29) is 5.84 Å². The van der Waals surface area contributed by atoms with Gasteiger partial charge in [-0.3, -0.25) is 20.3 Å². The molecule has 98 valence electrons. The predicted molar refractivity (Wildman–Crippen MR) is 74.7 cm³/mol. The molecule has 2 aromatic heterocycles. The van der Waals surface area contributed by atoms with Crippen LogP contribution in [0.5, 0.6) is 0 Å². The average Bonchev–Trinajstić information content (AvgIpc) is 2.40. The van der Waals surface area contributed by atoms with Crippen molar-refractivity contribution in [3.05, 3.63) is 59.7 Å². The summed E-state index contributed by atoms with van der Waals surface area (Å²) < 4.78 is 0. The lowest BCUT2D eigenvalue weighted by molar-refractivity contribution is 0.318. The van der Waals surface area contributed by atoms with Crippen molar-refractivity contribution >= 4 is 5.84 Å². The van der Waals surface area contributed by atoms with Crippen molar-refractivity contribution in [2.45, 2.75) is 13.1 Å². The van der Waals surface area contributed by atoms with Crippen LogP contribution in [0.1, 0.15) is 16.8 Å². The molecule has 0 aliphatic carbocycles. The maximum Gasteiger partial charge on any atom is 0.142 e. The molecule has 5 nitrogen and oxygen atoms in total. The number of nitrogens with zero attached hydrogens (tertiary/aromatic N) is 3. The normalized spacial score (nSPS) is 10.6. The molecule has 0 aromatic carbocycles. The Kier molecular flexibility index (Phi) is 4.20. The maximum atomic E-state index is 7.53. The van der Waals surface area contributed by atoms with Crippen LogP contribution in [0, 0.1) is 5.41 Å². The molecule has 0 radical (unpaired) electrons. The van der Waals surface area contributed by atoms with E-state index in [1.165, 1.54) is 5.56 Å². The third kappa shape index (κ3) is 3.59. The lowest BCUT2D eigenvalue weighted by Gasteiger charge is -2.18. The third-order valence-electron chi connectivity index (χ3n) is 2.79. The molecule has 0 saturated carbocycles. The van der Waals surface area contributed by atoms with Gasteiger partial charge in [0, 0.05) is 31.7 Å². The zero-order valence-electron chi connectivity index (χ0n) is 10.9. The molecule has 2 aromatic rings. The molecule has 0 fully saturated rings. The van der Waals surface area contributed by atoms with Crippen LogP contribution in [-0.2, 0) is 13.1 Å². The van der Waals surface area contributed by atoms with Crippen molar-refractivity contribution in [1.82, 2.24) is 14.9 Å². The molecule has 0 amide bonds. The summed E-state index contributed by atoms with van der Waals surface area (Å²) in [6.45, 7) is 1.51. The van der Waals surface area contributed by atoms with Crippen LogP contribution < -0.4 is 5.73 Å². The molecule has 19 heavy (non-hydrogen) atoms. The Bertz CT molecular complexity index is 553. The third-order valence-corrected chi connectivity index (χ3v) is 2.79. The molecule has 2 heterocycles. The van der Waals surface area contributed by atoms with Gasteiger partial charge >= 0.3 is 0 Å². The number of nitrogen functional groups attached to an aromatic ring is 1. The van der Waals surface area contributed by atoms with Crippen LogP contribution in [0.25, 0.3) is 0 Å². The Morgan fingerprint density at radius 1 is 1.21 bits per heavy atom. The summed E-state index contributed by atoms with van der Waals surface area (Å²) in [6.07, 6.45) is 5.23. The van der Waals surface area contributed by atoms with Crippen LogP contribution in [0.15, 0.2) is 42.9 Å². The topological polar surface area (TPSA) is 78.9 Å². The predicted octanol–water partition coefficient (Wildman–Crippen LogP) is 1.39. The van der Waals surface area contributed by atoms with Crippen LogP contribution in [0.2, 0.25) is 0 Å². The minimum atomic E-state index is 0.00733. The second-order valence-electron chi connectivity index (χ2n) is 4.45. The van der Waals surface area contributed by atoms with Gasteiger partial charge in [-0.2, -0.15) is 0 Å². The highest BCUT2D eigenvalue weighted by molar-refractivity contribution is 5.94. The van der Waals surface area contributed by atoms with E-state index in [1.807, 2.05) is 31.3 Å². The quantitative estimate of drug-likeness (QED) is 0.625. The maximum absolute atomic E-state index is 7.53. The summed E-state index contributed by atoms with van der Waals surface area (Å²) in [7, 11) is 2.03. The Hall–Kier alpha value is -2.27. The molecular weight excluding hydrogens is 238 g/mol. The van der Waals surface area contributed by atoms with Gasteiger partial charge in [0.15, 0.2) is 0 Å². The number of hydrogen-bond donors (Lipinski definition) is 2. The first kappa shape index (κ1) is 13.2. The fourth-order valence-electron chi connectivity index (χ4n) is 1.96. The standard InChI is InChI=1S/C14H17N5/c1-19(9-11-4-7-17-8-5-11)10-12-3-2-6-18-13(12)14(15)16/h2-8H,9-10H2,1H3,(H3,15,16). The summed E-state index contributed by atoms with van der Waals surface area (Å²) in [5.41, 5.74) is 8.26. The molecule has 5 heteroatoms. The number of hydrogen-bond acceptors (Lipinski definition) is 4. The van der Waals surface area contributed by atoms with E-state index in [9.17, 15) is 0 Å². The molecule has 0 spiro atoms. The van der Waals surface area contributed by atoms with Crippen molar-refractivity contribution < 1.29 is 0 Å². The van der Waals surface area contributed by atoms with E-state index in [4.69, 9.17) is 11.1 Å². The summed E-state index contributed by atoms with van der Waals surface area (Å²) in [5, 5.41) is 7.53. The molecule has 0 aliphatic heterocycles. The number of amidine groups is 1. The van der Waals surface area contributed by atoms with Gasteiger partial charge in [-0.15, -0.1) is 0 Å². The SMILES string of the molecule is CN(Cc1ccncc1)Cc1cccnc1C(=N)N. The lowest BCUT2D eigenvalue weighted by atomic mass is 10.1. The van der Waals surface area contributed by atoms with Gasteiger partial charge in [0.1, 0.15) is 11.5 Å². The summed E-state index contributed by atoms with van der Waals surface area (Å²) >= 11 is 0. The van der Waals surface area contributed by atoms with Gasteiger partial charge < -0.3 is 5.73 Å². The monoisotopic (exact) mass is 255 g/mol. The van der Waals surface area contributed by atoms with Crippen molar-refractivity contribution in [2.24, 2.45) is 5.73 Å². The highest BCUT2D eigenvalue weighted by Gasteiger charge is 2.09. The zero-order valence-corrected chi connectivity index (χ0v) is 10.9. The van der Waals surface area contributed by atoms with E-state index in [0.717, 1.165) is 12.1 Å². The van der Waals surface area contributed by atoms with Gasteiger partial charge in [-0.1, -0.05) is 6.07 Å². The Morgan fingerprint density at radius 3 is 2.63 bits per heavy atom. The highest BCUT2D eigenvalue weighted by atomic mass is 15.1. The number of pyridine rings is 2. The molecule has 0 unspecified atom stereocenters. The fourth-order valence-corrected chi connectivity index (χ4v) is 1.96. The van der Waals surface area contributed by atoms with E-state index >= 15 is 0 Å². The van der Waals surface area contributed by atoms with E-state index in [1.54, 1.807) is 18.6 Å². The van der Waals surface area contributed by atoms with Gasteiger partial charge in [0.2, 0.25) is 0 Å². The summed E-state index contributed by atoms with van der Waals surface area (Å²) in [4.78, 5) is 10.3. The number of nitrogens with one attached hydrogen (secondary N) is 1. The molecule has 2 rings (SSSR count). The van der Waals surface area contributed by atoms with Gasteiger partial charge in [-0.05, 0) is 36.4 Å². The first-order valence-electron chi connectivity index (χ1n) is 6.02. The van der Waals surface area contributed by atoms with Gasteiger partial charge in [0.05, 0.1) is 0 Å². The second kappa shape index (κ2) is 6.06. The summed E-state index contributed by atoms with van der Waals surface area (Å²) in [6, 6.07) is 7.80. The fraction of sp³-hybridized carbons (Fsp3) is 0.214. The smallest absolute Gasteiger partial charge is 0.142 e. The summed E-state index contributed by atoms with van der Waals surface area (Å²) in [5.74, 6) is 0.00733. The lowest BCUT2D eigenvalue weighted by Crippen LogP contribution is -2.22. The Morgan fingerprint density at radius 2 is 1.95 bits per heavy atom. The van der Waals surface area contributed by atoms with Crippen LogP contribution in [0.4, 0.5) is 0 Å². The molecular formula is C14H17N5. The van der Waals surface area contributed by atoms with Gasteiger partial charge in [-0.25, -0.2) is 0 Å². The van der Waals surface area contributed by atoms with Gasteiger partial charge in [0.25, 0.3) is 0 Å². The zero-order chi connectivity index (χ0) is 13.7. The van der Waals surface area contributed by atoms with Crippen molar-refractivity contribution in [3.63, 3.8) is 0 Å². The molecule has 0 bridgehead atoms. The van der Waals surface area contributed by atoms with Crippen molar-refractivity contribution in [2.75, 3.05) is 7.05 Å². The first-order valence-corrected chi connectivity index (χ1v) is 6.02. The van der Waals surface area contributed by atoms with Crippen LogP contribution >= 0.6 is 0 Å². The van der Waals surface area contributed by atoms with Crippen molar-refractivity contribution in [1.29, 1.82) is 5.41 Å². The first-order chi connectivity index (χ1) is 9.16. The molecule has 0 atom stereocenters.